The second kappa shape index (κ2) is 5.63. The smallest absolute Gasteiger partial charge is 0.257 e. The lowest BCUT2D eigenvalue weighted by Gasteiger charge is -2.10. The van der Waals surface area contributed by atoms with Crippen LogP contribution in [0.15, 0.2) is 40.9 Å². The molecule has 0 aliphatic rings. The Morgan fingerprint density at radius 3 is 2.63 bits per heavy atom. The summed E-state index contributed by atoms with van der Waals surface area (Å²) in [4.78, 5) is 12.1. The number of nitrogen functional groups attached to an aromatic ring is 1. The molecule has 0 radical (unpaired) electrons. The van der Waals surface area contributed by atoms with E-state index >= 15 is 0 Å². The summed E-state index contributed by atoms with van der Waals surface area (Å²) in [5.74, 6) is -0.279. The van der Waals surface area contributed by atoms with Crippen molar-refractivity contribution in [2.24, 2.45) is 0 Å². The van der Waals surface area contributed by atoms with Gasteiger partial charge in [0.2, 0.25) is 0 Å². The molecule has 2 rings (SSSR count). The second-order valence-electron chi connectivity index (χ2n) is 4.17. The van der Waals surface area contributed by atoms with Gasteiger partial charge in [0.1, 0.15) is 0 Å². The molecule has 2 aromatic carbocycles. The van der Waals surface area contributed by atoms with Gasteiger partial charge in [0.25, 0.3) is 5.91 Å². The van der Waals surface area contributed by atoms with Gasteiger partial charge >= 0.3 is 0 Å². The van der Waals surface area contributed by atoms with Gasteiger partial charge in [-0.05, 0) is 42.8 Å². The first-order valence-electron chi connectivity index (χ1n) is 5.60. The van der Waals surface area contributed by atoms with E-state index in [1.807, 2.05) is 19.1 Å². The standard InChI is InChI=1S/C14H12BrClN2O/c1-8-2-4-10(11(16)6-8)14(19)18-13-5-3-9(15)7-12(13)17/h2-7H,17H2,1H3,(H,18,19). The zero-order valence-electron chi connectivity index (χ0n) is 10.2. The highest BCUT2D eigenvalue weighted by Gasteiger charge is 2.11. The van der Waals surface area contributed by atoms with E-state index in [0.29, 0.717) is 22.0 Å². The van der Waals surface area contributed by atoms with E-state index in [0.717, 1.165) is 10.0 Å². The minimum atomic E-state index is -0.279. The van der Waals surface area contributed by atoms with Gasteiger partial charge in [-0.25, -0.2) is 0 Å². The molecule has 0 saturated heterocycles. The number of nitrogens with two attached hydrogens (primary N) is 1. The molecule has 3 N–H and O–H groups in total. The molecular formula is C14H12BrClN2O. The molecule has 0 atom stereocenters. The number of carbonyl (C=O) groups is 1. The van der Waals surface area contributed by atoms with Crippen molar-refractivity contribution in [3.63, 3.8) is 0 Å². The highest BCUT2D eigenvalue weighted by Crippen LogP contribution is 2.25. The van der Waals surface area contributed by atoms with Crippen molar-refractivity contribution >= 4 is 44.8 Å². The van der Waals surface area contributed by atoms with Crippen LogP contribution in [0.2, 0.25) is 5.02 Å². The molecule has 0 aromatic heterocycles. The molecule has 0 fully saturated rings. The molecule has 0 saturated carbocycles. The van der Waals surface area contributed by atoms with E-state index in [2.05, 4.69) is 21.2 Å². The number of aryl methyl sites for hydroxylation is 1. The Bertz CT molecular complexity index is 643. The fraction of sp³-hybridized carbons (Fsp3) is 0.0714. The summed E-state index contributed by atoms with van der Waals surface area (Å²) in [5.41, 5.74) is 8.31. The molecule has 0 unspecified atom stereocenters. The second-order valence-corrected chi connectivity index (χ2v) is 5.49. The van der Waals surface area contributed by atoms with Crippen molar-refractivity contribution in [3.8, 4) is 0 Å². The Labute approximate surface area is 124 Å². The Kier molecular flexibility index (Phi) is 4.12. The number of anilines is 2. The van der Waals surface area contributed by atoms with Crippen molar-refractivity contribution in [1.29, 1.82) is 0 Å². The maximum absolute atomic E-state index is 12.1. The molecule has 0 aliphatic carbocycles. The van der Waals surface area contributed by atoms with Gasteiger partial charge in [-0.1, -0.05) is 33.6 Å². The van der Waals surface area contributed by atoms with Crippen LogP contribution in [-0.4, -0.2) is 5.91 Å². The van der Waals surface area contributed by atoms with Crippen molar-refractivity contribution in [1.82, 2.24) is 0 Å². The first-order valence-corrected chi connectivity index (χ1v) is 6.77. The molecule has 0 heterocycles. The Morgan fingerprint density at radius 1 is 1.26 bits per heavy atom. The van der Waals surface area contributed by atoms with Crippen molar-refractivity contribution < 1.29 is 4.79 Å². The fourth-order valence-electron chi connectivity index (χ4n) is 1.64. The quantitative estimate of drug-likeness (QED) is 0.804. The average molecular weight is 340 g/mol. The van der Waals surface area contributed by atoms with E-state index in [4.69, 9.17) is 17.3 Å². The third-order valence-electron chi connectivity index (χ3n) is 2.63. The van der Waals surface area contributed by atoms with E-state index in [1.165, 1.54) is 0 Å². The highest BCUT2D eigenvalue weighted by molar-refractivity contribution is 9.10. The van der Waals surface area contributed by atoms with Crippen LogP contribution in [0, 0.1) is 6.92 Å². The third kappa shape index (κ3) is 3.28. The lowest BCUT2D eigenvalue weighted by Crippen LogP contribution is -2.13. The van der Waals surface area contributed by atoms with Crippen LogP contribution >= 0.6 is 27.5 Å². The highest BCUT2D eigenvalue weighted by atomic mass is 79.9. The summed E-state index contributed by atoms with van der Waals surface area (Å²) in [5, 5.41) is 3.17. The SMILES string of the molecule is Cc1ccc(C(=O)Nc2ccc(Br)cc2N)c(Cl)c1. The summed E-state index contributed by atoms with van der Waals surface area (Å²) in [7, 11) is 0. The van der Waals surface area contributed by atoms with E-state index in [1.54, 1.807) is 24.3 Å². The van der Waals surface area contributed by atoms with E-state index < -0.39 is 0 Å². The van der Waals surface area contributed by atoms with Crippen LogP contribution in [0.25, 0.3) is 0 Å². The fourth-order valence-corrected chi connectivity index (χ4v) is 2.34. The molecule has 0 aliphatic heterocycles. The summed E-state index contributed by atoms with van der Waals surface area (Å²) >= 11 is 9.37. The van der Waals surface area contributed by atoms with Crippen LogP contribution in [0.5, 0.6) is 0 Å². The Morgan fingerprint density at radius 2 is 2.00 bits per heavy atom. The normalized spacial score (nSPS) is 10.3. The number of hydrogen-bond donors (Lipinski definition) is 2. The largest absolute Gasteiger partial charge is 0.397 e. The minimum absolute atomic E-state index is 0.279. The first kappa shape index (κ1) is 13.9. The zero-order chi connectivity index (χ0) is 14.0. The maximum Gasteiger partial charge on any atom is 0.257 e. The molecule has 5 heteroatoms. The number of carbonyl (C=O) groups excluding carboxylic acids is 1. The molecule has 19 heavy (non-hydrogen) atoms. The molecule has 1 amide bonds. The average Bonchev–Trinajstić information content (AvgIpc) is 2.32. The van der Waals surface area contributed by atoms with E-state index in [-0.39, 0.29) is 5.91 Å². The van der Waals surface area contributed by atoms with Crippen LogP contribution in [0.3, 0.4) is 0 Å². The van der Waals surface area contributed by atoms with Crippen molar-refractivity contribution in [2.45, 2.75) is 6.92 Å². The van der Waals surface area contributed by atoms with Crippen LogP contribution in [0.1, 0.15) is 15.9 Å². The predicted molar refractivity (Wildman–Crippen MR) is 82.7 cm³/mol. The van der Waals surface area contributed by atoms with Gasteiger partial charge in [0.15, 0.2) is 0 Å². The lowest BCUT2D eigenvalue weighted by atomic mass is 10.1. The van der Waals surface area contributed by atoms with Gasteiger partial charge in [-0.15, -0.1) is 0 Å². The topological polar surface area (TPSA) is 55.1 Å². The van der Waals surface area contributed by atoms with Gasteiger partial charge in [0, 0.05) is 4.47 Å². The molecule has 0 spiro atoms. The Hall–Kier alpha value is -1.52. The van der Waals surface area contributed by atoms with Crippen LogP contribution in [0.4, 0.5) is 11.4 Å². The van der Waals surface area contributed by atoms with Crippen molar-refractivity contribution in [2.75, 3.05) is 11.1 Å². The van der Waals surface area contributed by atoms with Gasteiger partial charge in [0.05, 0.1) is 22.0 Å². The van der Waals surface area contributed by atoms with Gasteiger partial charge in [-0.3, -0.25) is 4.79 Å². The molecule has 3 nitrogen and oxygen atoms in total. The van der Waals surface area contributed by atoms with Crippen molar-refractivity contribution in [3.05, 3.63) is 57.0 Å². The molecule has 2 aromatic rings. The van der Waals surface area contributed by atoms with Gasteiger partial charge < -0.3 is 11.1 Å². The maximum atomic E-state index is 12.1. The third-order valence-corrected chi connectivity index (χ3v) is 3.44. The first-order chi connectivity index (χ1) is 8.97. The summed E-state index contributed by atoms with van der Waals surface area (Å²) in [6.45, 7) is 1.92. The zero-order valence-corrected chi connectivity index (χ0v) is 12.5. The Balaban J connectivity index is 2.25. The summed E-state index contributed by atoms with van der Waals surface area (Å²) in [6, 6.07) is 10.6. The number of benzene rings is 2. The van der Waals surface area contributed by atoms with Crippen LogP contribution < -0.4 is 11.1 Å². The lowest BCUT2D eigenvalue weighted by molar-refractivity contribution is 0.102. The predicted octanol–water partition coefficient (Wildman–Crippen LogP) is 4.25. The number of rotatable bonds is 2. The van der Waals surface area contributed by atoms with Gasteiger partial charge in [-0.2, -0.15) is 0 Å². The molecular weight excluding hydrogens is 328 g/mol. The number of amides is 1. The molecule has 98 valence electrons. The minimum Gasteiger partial charge on any atom is -0.397 e. The monoisotopic (exact) mass is 338 g/mol. The van der Waals surface area contributed by atoms with E-state index in [9.17, 15) is 4.79 Å². The number of hydrogen-bond acceptors (Lipinski definition) is 2. The summed E-state index contributed by atoms with van der Waals surface area (Å²) in [6.07, 6.45) is 0. The molecule has 0 bridgehead atoms. The summed E-state index contributed by atoms with van der Waals surface area (Å²) < 4.78 is 0.858. The van der Waals surface area contributed by atoms with Crippen LogP contribution in [-0.2, 0) is 0 Å². The number of halogens is 2. The number of nitrogens with one attached hydrogen (secondary N) is 1.